The lowest BCUT2D eigenvalue weighted by Crippen LogP contribution is -2.51. The molecule has 1 N–H and O–H groups in total. The lowest BCUT2D eigenvalue weighted by molar-refractivity contribution is -0.139. The maximum Gasteiger partial charge on any atom is 0.264 e. The van der Waals surface area contributed by atoms with Crippen LogP contribution >= 0.6 is 15.9 Å². The molecular weight excluding hydrogens is 558 g/mol. The molecule has 0 bridgehead atoms. The normalized spacial score (nSPS) is 11.9. The van der Waals surface area contributed by atoms with Crippen LogP contribution in [0.4, 0.5) is 5.69 Å². The Kier molecular flexibility index (Phi) is 9.71. The predicted octanol–water partition coefficient (Wildman–Crippen LogP) is 4.21. The number of rotatable bonds is 11. The second-order valence-corrected chi connectivity index (χ2v) is 11.0. The third-order valence-corrected chi connectivity index (χ3v) is 8.07. The van der Waals surface area contributed by atoms with Crippen molar-refractivity contribution in [3.63, 3.8) is 0 Å². The number of hydrogen-bond donors (Lipinski definition) is 1. The van der Waals surface area contributed by atoms with Crippen LogP contribution in [-0.4, -0.2) is 51.4 Å². The largest absolute Gasteiger partial charge is 0.497 e. The number of ether oxygens (including phenoxy) is 1. The molecule has 0 aliphatic rings. The molecule has 0 aromatic heterocycles. The van der Waals surface area contributed by atoms with Crippen molar-refractivity contribution in [3.05, 3.63) is 88.9 Å². The molecule has 10 heteroatoms. The van der Waals surface area contributed by atoms with Gasteiger partial charge in [-0.2, -0.15) is 0 Å². The van der Waals surface area contributed by atoms with E-state index in [0.29, 0.717) is 18.0 Å². The number of likely N-dealkylation sites (N-methyl/N-ethyl adjacent to an activating group) is 1. The van der Waals surface area contributed by atoms with Crippen molar-refractivity contribution in [2.75, 3.05) is 24.5 Å². The van der Waals surface area contributed by atoms with E-state index in [1.807, 2.05) is 0 Å². The second kappa shape index (κ2) is 12.7. The highest BCUT2D eigenvalue weighted by atomic mass is 79.9. The zero-order chi connectivity index (χ0) is 27.0. The number of anilines is 1. The molecule has 2 amide bonds. The first kappa shape index (κ1) is 28.2. The van der Waals surface area contributed by atoms with E-state index in [1.165, 1.54) is 17.0 Å². The summed E-state index contributed by atoms with van der Waals surface area (Å²) in [7, 11) is -2.52. The van der Waals surface area contributed by atoms with E-state index < -0.39 is 28.5 Å². The molecule has 0 fully saturated rings. The molecule has 0 saturated carbocycles. The number of amides is 2. The fourth-order valence-electron chi connectivity index (χ4n) is 3.69. The van der Waals surface area contributed by atoms with Gasteiger partial charge in [-0.3, -0.25) is 13.9 Å². The number of nitrogens with one attached hydrogen (secondary N) is 1. The van der Waals surface area contributed by atoms with Gasteiger partial charge in [0.1, 0.15) is 18.3 Å². The van der Waals surface area contributed by atoms with E-state index in [0.717, 1.165) is 14.3 Å². The van der Waals surface area contributed by atoms with Gasteiger partial charge in [0, 0.05) is 17.6 Å². The molecule has 0 aliphatic carbocycles. The lowest BCUT2D eigenvalue weighted by Gasteiger charge is -2.32. The summed E-state index contributed by atoms with van der Waals surface area (Å²) in [5.74, 6) is -0.184. The number of carbonyl (C=O) groups excluding carboxylic acids is 2. The molecule has 0 heterocycles. The number of carbonyl (C=O) groups is 2. The molecule has 0 unspecified atom stereocenters. The topological polar surface area (TPSA) is 96.0 Å². The SMILES string of the molecule is CCNC(=O)[C@@H](C)N(Cc1ccc(OC)cc1)C(=O)CN(c1ccc(Br)cc1)S(=O)(=O)c1ccccc1. The standard InChI is InChI=1S/C27H30BrN3O5S/c1-4-29-27(33)20(2)30(18-21-10-16-24(36-3)17-11-21)26(32)19-31(23-14-12-22(28)13-15-23)37(34,35)25-8-6-5-7-9-25/h5-17,20H,4,18-19H2,1-3H3,(H,29,33)/t20-/m1/s1. The highest BCUT2D eigenvalue weighted by molar-refractivity contribution is 9.10. The van der Waals surface area contributed by atoms with Crippen LogP contribution in [0.1, 0.15) is 19.4 Å². The summed E-state index contributed by atoms with van der Waals surface area (Å²) in [6.45, 7) is 3.45. The van der Waals surface area contributed by atoms with Crippen LogP contribution in [0.5, 0.6) is 5.75 Å². The number of hydrogen-bond acceptors (Lipinski definition) is 5. The summed E-state index contributed by atoms with van der Waals surface area (Å²) >= 11 is 3.36. The Balaban J connectivity index is 1.99. The van der Waals surface area contributed by atoms with Crippen LogP contribution in [0, 0.1) is 0 Å². The summed E-state index contributed by atoms with van der Waals surface area (Å²) in [4.78, 5) is 27.9. The van der Waals surface area contributed by atoms with E-state index in [2.05, 4.69) is 21.2 Å². The van der Waals surface area contributed by atoms with Gasteiger partial charge in [-0.25, -0.2) is 8.42 Å². The summed E-state index contributed by atoms with van der Waals surface area (Å²) in [6, 6.07) is 20.9. The van der Waals surface area contributed by atoms with E-state index in [9.17, 15) is 18.0 Å². The van der Waals surface area contributed by atoms with Gasteiger partial charge < -0.3 is 15.0 Å². The van der Waals surface area contributed by atoms with E-state index in [4.69, 9.17) is 4.74 Å². The third kappa shape index (κ3) is 7.11. The van der Waals surface area contributed by atoms with Gasteiger partial charge in [0.2, 0.25) is 11.8 Å². The molecule has 8 nitrogen and oxygen atoms in total. The first-order chi connectivity index (χ1) is 17.7. The van der Waals surface area contributed by atoms with E-state index >= 15 is 0 Å². The lowest BCUT2D eigenvalue weighted by atomic mass is 10.1. The number of methoxy groups -OCH3 is 1. The van der Waals surface area contributed by atoms with Crippen molar-refractivity contribution in [3.8, 4) is 5.75 Å². The second-order valence-electron chi connectivity index (χ2n) is 8.24. The highest BCUT2D eigenvalue weighted by Crippen LogP contribution is 2.26. The molecule has 196 valence electrons. The zero-order valence-corrected chi connectivity index (χ0v) is 23.3. The Labute approximate surface area is 226 Å². The van der Waals surface area contributed by atoms with Crippen LogP contribution in [-0.2, 0) is 26.2 Å². The number of halogens is 1. The van der Waals surface area contributed by atoms with Gasteiger partial charge in [0.15, 0.2) is 0 Å². The molecule has 0 aliphatic heterocycles. The number of sulfonamides is 1. The summed E-state index contributed by atoms with van der Waals surface area (Å²) in [5, 5.41) is 2.74. The Morgan fingerprint density at radius 2 is 1.59 bits per heavy atom. The highest BCUT2D eigenvalue weighted by Gasteiger charge is 2.32. The van der Waals surface area contributed by atoms with Crippen molar-refractivity contribution in [1.29, 1.82) is 0 Å². The van der Waals surface area contributed by atoms with E-state index in [-0.39, 0.29) is 17.3 Å². The molecular formula is C27H30BrN3O5S. The van der Waals surface area contributed by atoms with Gasteiger partial charge >= 0.3 is 0 Å². The minimum atomic E-state index is -4.08. The minimum Gasteiger partial charge on any atom is -0.497 e. The molecule has 3 rings (SSSR count). The fourth-order valence-corrected chi connectivity index (χ4v) is 5.39. The fraction of sp³-hybridized carbons (Fsp3) is 0.259. The van der Waals surface area contributed by atoms with Crippen molar-refractivity contribution in [2.45, 2.75) is 31.3 Å². The molecule has 1 atom stereocenters. The molecule has 0 radical (unpaired) electrons. The Bertz CT molecular complexity index is 1300. The third-order valence-electron chi connectivity index (χ3n) is 5.75. The maximum absolute atomic E-state index is 13.8. The van der Waals surface area contributed by atoms with Crippen molar-refractivity contribution in [2.24, 2.45) is 0 Å². The molecule has 3 aromatic carbocycles. The Hall–Kier alpha value is -3.37. The molecule has 0 spiro atoms. The van der Waals surface area contributed by atoms with Gasteiger partial charge in [0.05, 0.1) is 17.7 Å². The summed E-state index contributed by atoms with van der Waals surface area (Å²) in [6.07, 6.45) is 0. The van der Waals surface area contributed by atoms with Crippen molar-refractivity contribution in [1.82, 2.24) is 10.2 Å². The first-order valence-electron chi connectivity index (χ1n) is 11.7. The summed E-state index contributed by atoms with van der Waals surface area (Å²) < 4.78 is 34.4. The van der Waals surface area contributed by atoms with Gasteiger partial charge in [0.25, 0.3) is 10.0 Å². The average Bonchev–Trinajstić information content (AvgIpc) is 2.91. The summed E-state index contributed by atoms with van der Waals surface area (Å²) in [5.41, 5.74) is 1.10. The van der Waals surface area contributed by atoms with Gasteiger partial charge in [-0.05, 0) is 67.9 Å². The average molecular weight is 589 g/mol. The molecule has 0 saturated heterocycles. The minimum absolute atomic E-state index is 0.0594. The smallest absolute Gasteiger partial charge is 0.264 e. The maximum atomic E-state index is 13.8. The van der Waals surface area contributed by atoms with Crippen molar-refractivity contribution < 1.29 is 22.7 Å². The Morgan fingerprint density at radius 3 is 2.16 bits per heavy atom. The monoisotopic (exact) mass is 587 g/mol. The molecule has 37 heavy (non-hydrogen) atoms. The molecule has 3 aromatic rings. The predicted molar refractivity (Wildman–Crippen MR) is 147 cm³/mol. The van der Waals surface area contributed by atoms with Crippen molar-refractivity contribution >= 4 is 43.5 Å². The van der Waals surface area contributed by atoms with Gasteiger partial charge in [-0.1, -0.05) is 46.3 Å². The van der Waals surface area contributed by atoms with Crippen LogP contribution in [0.3, 0.4) is 0 Å². The van der Waals surface area contributed by atoms with Gasteiger partial charge in [-0.15, -0.1) is 0 Å². The first-order valence-corrected chi connectivity index (χ1v) is 13.9. The van der Waals surface area contributed by atoms with E-state index in [1.54, 1.807) is 87.7 Å². The quantitative estimate of drug-likeness (QED) is 0.362. The zero-order valence-electron chi connectivity index (χ0n) is 20.9. The Morgan fingerprint density at radius 1 is 0.973 bits per heavy atom. The van der Waals surface area contributed by atoms with Crippen LogP contribution in [0.25, 0.3) is 0 Å². The number of benzene rings is 3. The van der Waals surface area contributed by atoms with Crippen LogP contribution < -0.4 is 14.4 Å². The van der Waals surface area contributed by atoms with Crippen LogP contribution in [0.2, 0.25) is 0 Å². The number of nitrogens with zero attached hydrogens (tertiary/aromatic N) is 2. The van der Waals surface area contributed by atoms with Crippen LogP contribution in [0.15, 0.2) is 88.2 Å².